The molecule has 6 heteroatoms. The molecule has 3 rings (SSSR count). The van der Waals surface area contributed by atoms with Gasteiger partial charge in [-0.25, -0.2) is 8.42 Å². The summed E-state index contributed by atoms with van der Waals surface area (Å²) in [6, 6.07) is 14.6. The van der Waals surface area contributed by atoms with E-state index in [-0.39, 0.29) is 16.0 Å². The van der Waals surface area contributed by atoms with Crippen LogP contribution >= 0.6 is 27.5 Å². The second-order valence-electron chi connectivity index (χ2n) is 5.97. The Morgan fingerprint density at radius 3 is 2.50 bits per heavy atom. The normalized spacial score (nSPS) is 21.1. The zero-order valence-corrected chi connectivity index (χ0v) is 16.1. The zero-order chi connectivity index (χ0) is 17.2. The van der Waals surface area contributed by atoms with Gasteiger partial charge in [0.25, 0.3) is 0 Å². The predicted molar refractivity (Wildman–Crippen MR) is 99.0 cm³/mol. The third-order valence-electron chi connectivity index (χ3n) is 4.32. The molecule has 0 heterocycles. The van der Waals surface area contributed by atoms with Crippen LogP contribution in [0.4, 0.5) is 0 Å². The molecule has 0 radical (unpaired) electrons. The molecule has 0 saturated heterocycles. The smallest absolute Gasteiger partial charge is 0.182 e. The Morgan fingerprint density at radius 1 is 1.08 bits per heavy atom. The lowest BCUT2D eigenvalue weighted by Gasteiger charge is -2.14. The number of halogens is 2. The molecule has 2 aromatic rings. The highest BCUT2D eigenvalue weighted by Crippen LogP contribution is 2.34. The Kier molecular flexibility index (Phi) is 5.65. The molecule has 2 aromatic carbocycles. The van der Waals surface area contributed by atoms with Crippen LogP contribution in [-0.2, 0) is 21.2 Å². The standard InChI is InChI=1S/C18H18BrClO3S/c19-14-7-5-13(6-8-14)12-23-15-9-10-16(11-15)24(21,22)18-4-2-1-3-17(18)20/h1-8,15-16H,9-12H2/t15-,16-/m0/s1. The summed E-state index contributed by atoms with van der Waals surface area (Å²) < 4.78 is 32.5. The summed E-state index contributed by atoms with van der Waals surface area (Å²) in [6.07, 6.45) is 1.85. The van der Waals surface area contributed by atoms with Crippen molar-refractivity contribution in [1.29, 1.82) is 0 Å². The van der Waals surface area contributed by atoms with E-state index in [9.17, 15) is 8.42 Å². The summed E-state index contributed by atoms with van der Waals surface area (Å²) >= 11 is 9.47. The van der Waals surface area contributed by atoms with Gasteiger partial charge in [-0.2, -0.15) is 0 Å². The van der Waals surface area contributed by atoms with Crippen molar-refractivity contribution >= 4 is 37.4 Å². The largest absolute Gasteiger partial charge is 0.373 e. The van der Waals surface area contributed by atoms with Crippen molar-refractivity contribution < 1.29 is 13.2 Å². The number of hydrogen-bond donors (Lipinski definition) is 0. The van der Waals surface area contributed by atoms with E-state index >= 15 is 0 Å². The fourth-order valence-corrected chi connectivity index (χ4v) is 5.59. The molecule has 1 fully saturated rings. The summed E-state index contributed by atoms with van der Waals surface area (Å²) in [5, 5.41) is -0.135. The van der Waals surface area contributed by atoms with Crippen LogP contribution in [0.1, 0.15) is 24.8 Å². The minimum Gasteiger partial charge on any atom is -0.373 e. The minimum atomic E-state index is -3.41. The van der Waals surface area contributed by atoms with Crippen molar-refractivity contribution in [3.05, 3.63) is 63.6 Å². The fourth-order valence-electron chi connectivity index (χ4n) is 2.98. The fraction of sp³-hybridized carbons (Fsp3) is 0.333. The molecule has 0 aliphatic heterocycles. The highest BCUT2D eigenvalue weighted by atomic mass is 79.9. The summed E-state index contributed by atoms with van der Waals surface area (Å²) in [4.78, 5) is 0.227. The second-order valence-corrected chi connectivity index (χ2v) is 9.49. The lowest BCUT2D eigenvalue weighted by molar-refractivity contribution is 0.0458. The third-order valence-corrected chi connectivity index (χ3v) is 7.56. The second kappa shape index (κ2) is 7.56. The molecule has 0 spiro atoms. The number of rotatable bonds is 5. The van der Waals surface area contributed by atoms with Gasteiger partial charge in [-0.3, -0.25) is 0 Å². The van der Waals surface area contributed by atoms with E-state index in [1.54, 1.807) is 24.3 Å². The van der Waals surface area contributed by atoms with E-state index in [4.69, 9.17) is 16.3 Å². The first-order valence-corrected chi connectivity index (χ1v) is 10.5. The van der Waals surface area contributed by atoms with Crippen LogP contribution in [0.5, 0.6) is 0 Å². The average molecular weight is 430 g/mol. The van der Waals surface area contributed by atoms with Gasteiger partial charge in [0, 0.05) is 4.47 Å². The summed E-state index contributed by atoms with van der Waals surface area (Å²) in [5.74, 6) is 0. The molecule has 128 valence electrons. The Bertz CT molecular complexity index is 805. The molecule has 0 amide bonds. The third kappa shape index (κ3) is 4.02. The maximum atomic E-state index is 12.8. The van der Waals surface area contributed by atoms with Crippen LogP contribution in [0.3, 0.4) is 0 Å². The molecule has 0 unspecified atom stereocenters. The molecule has 1 aliphatic carbocycles. The van der Waals surface area contributed by atoms with Gasteiger partial charge < -0.3 is 4.74 Å². The van der Waals surface area contributed by atoms with Crippen LogP contribution in [0.25, 0.3) is 0 Å². The molecular weight excluding hydrogens is 412 g/mol. The maximum absolute atomic E-state index is 12.8. The van der Waals surface area contributed by atoms with Crippen LogP contribution in [0.15, 0.2) is 57.9 Å². The minimum absolute atomic E-state index is 0.0316. The van der Waals surface area contributed by atoms with E-state index < -0.39 is 15.1 Å². The van der Waals surface area contributed by atoms with E-state index in [0.29, 0.717) is 19.4 Å². The molecule has 0 N–H and O–H groups in total. The van der Waals surface area contributed by atoms with Gasteiger partial charge >= 0.3 is 0 Å². The highest BCUT2D eigenvalue weighted by Gasteiger charge is 2.36. The summed E-state index contributed by atoms with van der Waals surface area (Å²) in [5.41, 5.74) is 1.08. The van der Waals surface area contributed by atoms with Gasteiger partial charge in [0.05, 0.1) is 27.9 Å². The Hall–Kier alpha value is -0.880. The molecule has 24 heavy (non-hydrogen) atoms. The van der Waals surface area contributed by atoms with Crippen LogP contribution in [-0.4, -0.2) is 19.8 Å². The summed E-state index contributed by atoms with van der Waals surface area (Å²) in [6.45, 7) is 0.497. The van der Waals surface area contributed by atoms with Crippen molar-refractivity contribution in [2.24, 2.45) is 0 Å². The maximum Gasteiger partial charge on any atom is 0.182 e. The van der Waals surface area contributed by atoms with Crippen molar-refractivity contribution in [3.63, 3.8) is 0 Å². The molecule has 1 saturated carbocycles. The molecule has 2 atom stereocenters. The van der Waals surface area contributed by atoms with Crippen LogP contribution in [0, 0.1) is 0 Å². The average Bonchev–Trinajstić information content (AvgIpc) is 3.04. The molecule has 0 bridgehead atoms. The lowest BCUT2D eigenvalue weighted by Crippen LogP contribution is -2.20. The Balaban J connectivity index is 1.62. The van der Waals surface area contributed by atoms with Crippen LogP contribution < -0.4 is 0 Å². The monoisotopic (exact) mass is 428 g/mol. The van der Waals surface area contributed by atoms with Crippen molar-refractivity contribution in [1.82, 2.24) is 0 Å². The van der Waals surface area contributed by atoms with Crippen LogP contribution in [0.2, 0.25) is 5.02 Å². The van der Waals surface area contributed by atoms with Gasteiger partial charge in [-0.05, 0) is 49.1 Å². The molecular formula is C18H18BrClO3S. The first-order valence-electron chi connectivity index (χ1n) is 7.81. The van der Waals surface area contributed by atoms with Gasteiger partial charge in [0.2, 0.25) is 0 Å². The topological polar surface area (TPSA) is 43.4 Å². The van der Waals surface area contributed by atoms with Gasteiger partial charge in [-0.1, -0.05) is 51.8 Å². The van der Waals surface area contributed by atoms with E-state index in [1.165, 1.54) is 0 Å². The predicted octanol–water partition coefficient (Wildman–Crippen LogP) is 5.01. The first kappa shape index (κ1) is 17.9. The van der Waals surface area contributed by atoms with Crippen molar-refractivity contribution in [2.45, 2.75) is 42.1 Å². The number of hydrogen-bond acceptors (Lipinski definition) is 3. The Labute approximate surface area is 156 Å². The number of ether oxygens (including phenoxy) is 1. The SMILES string of the molecule is O=S(=O)(c1ccccc1Cl)[C@H]1CC[C@H](OCc2ccc(Br)cc2)C1. The zero-order valence-electron chi connectivity index (χ0n) is 13.0. The Morgan fingerprint density at radius 2 is 1.79 bits per heavy atom. The molecule has 1 aliphatic rings. The van der Waals surface area contributed by atoms with Gasteiger partial charge in [0.15, 0.2) is 9.84 Å². The van der Waals surface area contributed by atoms with Crippen molar-refractivity contribution in [3.8, 4) is 0 Å². The number of sulfone groups is 1. The van der Waals surface area contributed by atoms with Gasteiger partial charge in [-0.15, -0.1) is 0 Å². The van der Waals surface area contributed by atoms with Gasteiger partial charge in [0.1, 0.15) is 0 Å². The molecule has 3 nitrogen and oxygen atoms in total. The quantitative estimate of drug-likeness (QED) is 0.670. The van der Waals surface area contributed by atoms with E-state index in [0.717, 1.165) is 16.5 Å². The number of benzene rings is 2. The van der Waals surface area contributed by atoms with Crippen molar-refractivity contribution in [2.75, 3.05) is 0 Å². The first-order chi connectivity index (χ1) is 11.5. The lowest BCUT2D eigenvalue weighted by atomic mass is 10.2. The highest BCUT2D eigenvalue weighted by molar-refractivity contribution is 9.10. The van der Waals surface area contributed by atoms with E-state index in [1.807, 2.05) is 24.3 Å². The van der Waals surface area contributed by atoms with E-state index in [2.05, 4.69) is 15.9 Å². The summed E-state index contributed by atoms with van der Waals surface area (Å²) in [7, 11) is -3.41. The molecule has 0 aromatic heterocycles.